The van der Waals surface area contributed by atoms with E-state index in [0.29, 0.717) is 10.8 Å². The van der Waals surface area contributed by atoms with Gasteiger partial charge in [-0.2, -0.15) is 0 Å². The Bertz CT molecular complexity index is 541. The monoisotopic (exact) mass is 389 g/mol. The lowest BCUT2D eigenvalue weighted by Crippen LogP contribution is -2.63. The summed E-state index contributed by atoms with van der Waals surface area (Å²) in [5.74, 6) is 4.85. The van der Waals surface area contributed by atoms with Crippen molar-refractivity contribution in [2.45, 2.75) is 110 Å². The van der Waals surface area contributed by atoms with Gasteiger partial charge in [-0.05, 0) is 99.3 Å². The molecule has 8 atom stereocenters. The van der Waals surface area contributed by atoms with Crippen molar-refractivity contribution in [1.82, 2.24) is 0 Å². The van der Waals surface area contributed by atoms with E-state index in [-0.39, 0.29) is 5.60 Å². The number of rotatable bonds is 1. The summed E-state index contributed by atoms with van der Waals surface area (Å²) >= 11 is 0. The van der Waals surface area contributed by atoms with Gasteiger partial charge < -0.3 is 10.5 Å². The van der Waals surface area contributed by atoms with Gasteiger partial charge in [-0.3, -0.25) is 0 Å². The van der Waals surface area contributed by atoms with E-state index in [1.807, 2.05) is 6.92 Å². The summed E-state index contributed by atoms with van der Waals surface area (Å²) in [5, 5.41) is 0. The predicted molar refractivity (Wildman–Crippen MR) is 118 cm³/mol. The third-order valence-electron chi connectivity index (χ3n) is 10.8. The first-order valence-electron chi connectivity index (χ1n) is 12.8. The van der Waals surface area contributed by atoms with Crippen molar-refractivity contribution in [2.24, 2.45) is 46.2 Å². The molecule has 0 amide bonds. The summed E-state index contributed by atoms with van der Waals surface area (Å²) in [6.07, 6.45) is 17.5. The van der Waals surface area contributed by atoms with Crippen molar-refractivity contribution in [3.8, 4) is 0 Å². The molecule has 5 fully saturated rings. The predicted octanol–water partition coefficient (Wildman–Crippen LogP) is 6.57. The summed E-state index contributed by atoms with van der Waals surface area (Å²) in [6, 6.07) is 0. The highest BCUT2D eigenvalue weighted by molar-refractivity contribution is 5.18. The largest absolute Gasteiger partial charge is 0.374 e. The molecule has 2 nitrogen and oxygen atoms in total. The number of nitrogens with two attached hydrogens (primary N) is 1. The maximum Gasteiger partial charge on any atom is 0.0745 e. The van der Waals surface area contributed by atoms with Gasteiger partial charge in [-0.25, -0.2) is 0 Å². The van der Waals surface area contributed by atoms with Gasteiger partial charge in [0, 0.05) is 12.0 Å². The van der Waals surface area contributed by atoms with Crippen molar-refractivity contribution in [2.75, 3.05) is 13.2 Å². The molecule has 5 rings (SSSR count). The molecular weight excluding hydrogens is 342 g/mol. The second kappa shape index (κ2) is 7.88. The van der Waals surface area contributed by atoms with E-state index in [1.165, 1.54) is 77.0 Å². The van der Waals surface area contributed by atoms with Crippen molar-refractivity contribution in [3.63, 3.8) is 0 Å². The molecule has 0 aromatic heterocycles. The van der Waals surface area contributed by atoms with Crippen LogP contribution in [0.4, 0.5) is 0 Å². The van der Waals surface area contributed by atoms with Crippen LogP contribution in [0.3, 0.4) is 0 Å². The Hall–Kier alpha value is -0.0800. The van der Waals surface area contributed by atoms with Crippen LogP contribution < -0.4 is 5.73 Å². The Morgan fingerprint density at radius 3 is 2.36 bits per heavy atom. The van der Waals surface area contributed by atoms with Crippen LogP contribution in [-0.4, -0.2) is 18.8 Å². The molecule has 0 radical (unpaired) electrons. The standard InChI is InChI=1S/C24H40O.C2H7N/c1-4-17-10-12-20-19-11-9-18-8-5-6-13-22(18,2)21(19)16-24(23(17,20)3)14-7-15-25-24;1-2-3/h17-21H,4-16H2,1-3H3;2-3H2,1H3/t17?,18?,19?,20?,21?,22?,23-,24?;/m1./s1. The van der Waals surface area contributed by atoms with Gasteiger partial charge in [0.15, 0.2) is 0 Å². The van der Waals surface area contributed by atoms with Gasteiger partial charge in [0.2, 0.25) is 0 Å². The SMILES string of the molecule is CCC1CCC2C3CCC4CCCCC4(C)C3CC3(CCCO3)[C@]12C.CCN. The molecule has 1 heterocycles. The van der Waals surface area contributed by atoms with Crippen LogP contribution in [0, 0.1) is 40.4 Å². The minimum Gasteiger partial charge on any atom is -0.374 e. The van der Waals surface area contributed by atoms with Crippen LogP contribution >= 0.6 is 0 Å². The van der Waals surface area contributed by atoms with E-state index in [1.54, 1.807) is 0 Å². The third-order valence-corrected chi connectivity index (χ3v) is 10.8. The molecule has 7 unspecified atom stereocenters. The molecule has 2 N–H and O–H groups in total. The Morgan fingerprint density at radius 1 is 0.893 bits per heavy atom. The molecule has 0 bridgehead atoms. The fourth-order valence-electron chi connectivity index (χ4n) is 9.48. The van der Waals surface area contributed by atoms with Crippen LogP contribution in [0.2, 0.25) is 0 Å². The Balaban J connectivity index is 0.000000604. The first-order valence-corrected chi connectivity index (χ1v) is 12.8. The lowest BCUT2D eigenvalue weighted by atomic mass is 9.41. The summed E-state index contributed by atoms with van der Waals surface area (Å²) in [4.78, 5) is 0. The van der Waals surface area contributed by atoms with E-state index in [0.717, 1.165) is 42.7 Å². The van der Waals surface area contributed by atoms with E-state index in [2.05, 4.69) is 20.8 Å². The quantitative estimate of drug-likeness (QED) is 0.550. The lowest BCUT2D eigenvalue weighted by Gasteiger charge is -2.65. The highest BCUT2D eigenvalue weighted by atomic mass is 16.5. The summed E-state index contributed by atoms with van der Waals surface area (Å²) in [6.45, 7) is 11.5. The number of fused-ring (bicyclic) bond motifs is 6. The maximum absolute atomic E-state index is 6.80. The molecule has 0 aromatic carbocycles. The Labute approximate surface area is 174 Å². The Kier molecular flexibility index (Phi) is 5.95. The summed E-state index contributed by atoms with van der Waals surface area (Å²) < 4.78 is 6.80. The lowest BCUT2D eigenvalue weighted by molar-refractivity contribution is -0.222. The normalized spacial score (nSPS) is 52.4. The molecule has 5 aliphatic rings. The molecular formula is C26H47NO. The first kappa shape index (κ1) is 21.2. The van der Waals surface area contributed by atoms with E-state index in [9.17, 15) is 0 Å². The zero-order valence-corrected chi connectivity index (χ0v) is 19.3. The molecule has 1 saturated heterocycles. The summed E-state index contributed by atoms with van der Waals surface area (Å²) in [5.41, 5.74) is 6.18. The zero-order valence-electron chi connectivity index (χ0n) is 19.3. The maximum atomic E-state index is 6.80. The number of hydrogen-bond donors (Lipinski definition) is 1. The minimum absolute atomic E-state index is 0.234. The number of hydrogen-bond acceptors (Lipinski definition) is 2. The van der Waals surface area contributed by atoms with Crippen LogP contribution in [-0.2, 0) is 4.74 Å². The van der Waals surface area contributed by atoms with Crippen molar-refractivity contribution < 1.29 is 4.74 Å². The van der Waals surface area contributed by atoms with Crippen molar-refractivity contribution in [1.29, 1.82) is 0 Å². The van der Waals surface area contributed by atoms with Crippen molar-refractivity contribution in [3.05, 3.63) is 0 Å². The van der Waals surface area contributed by atoms with Gasteiger partial charge >= 0.3 is 0 Å². The highest BCUT2D eigenvalue weighted by Crippen LogP contribution is 2.72. The minimum atomic E-state index is 0.234. The van der Waals surface area contributed by atoms with E-state index in [4.69, 9.17) is 10.5 Å². The van der Waals surface area contributed by atoms with Gasteiger partial charge in [-0.15, -0.1) is 0 Å². The molecule has 1 spiro atoms. The molecule has 28 heavy (non-hydrogen) atoms. The van der Waals surface area contributed by atoms with Gasteiger partial charge in [0.25, 0.3) is 0 Å². The highest BCUT2D eigenvalue weighted by Gasteiger charge is 2.69. The third kappa shape index (κ3) is 2.87. The molecule has 162 valence electrons. The van der Waals surface area contributed by atoms with Gasteiger partial charge in [0.1, 0.15) is 0 Å². The first-order chi connectivity index (χ1) is 13.5. The van der Waals surface area contributed by atoms with Gasteiger partial charge in [-0.1, -0.05) is 47.0 Å². The molecule has 4 aliphatic carbocycles. The Morgan fingerprint density at radius 2 is 1.68 bits per heavy atom. The second-order valence-electron chi connectivity index (χ2n) is 11.4. The van der Waals surface area contributed by atoms with E-state index < -0.39 is 0 Å². The molecule has 4 saturated carbocycles. The van der Waals surface area contributed by atoms with Crippen LogP contribution in [0.25, 0.3) is 0 Å². The zero-order chi connectivity index (χ0) is 20.0. The van der Waals surface area contributed by atoms with Crippen molar-refractivity contribution >= 4 is 0 Å². The molecule has 1 aliphatic heterocycles. The fourth-order valence-corrected chi connectivity index (χ4v) is 9.48. The number of ether oxygens (including phenoxy) is 1. The van der Waals surface area contributed by atoms with Crippen LogP contribution in [0.5, 0.6) is 0 Å². The topological polar surface area (TPSA) is 35.2 Å². The molecule has 2 heteroatoms. The molecule has 0 aromatic rings. The fraction of sp³-hybridized carbons (Fsp3) is 1.00. The second-order valence-corrected chi connectivity index (χ2v) is 11.4. The average Bonchev–Trinajstić information content (AvgIpc) is 3.29. The van der Waals surface area contributed by atoms with Crippen LogP contribution in [0.15, 0.2) is 0 Å². The average molecular weight is 390 g/mol. The van der Waals surface area contributed by atoms with Crippen LogP contribution in [0.1, 0.15) is 105 Å². The van der Waals surface area contributed by atoms with E-state index >= 15 is 0 Å². The van der Waals surface area contributed by atoms with Gasteiger partial charge in [0.05, 0.1) is 5.60 Å². The summed E-state index contributed by atoms with van der Waals surface area (Å²) in [7, 11) is 0. The smallest absolute Gasteiger partial charge is 0.0745 e.